The van der Waals surface area contributed by atoms with E-state index >= 15 is 0 Å². The predicted octanol–water partition coefficient (Wildman–Crippen LogP) is 0.992. The molecule has 5 heteroatoms. The van der Waals surface area contributed by atoms with Gasteiger partial charge in [-0.05, 0) is 31.2 Å². The molecule has 0 aliphatic carbocycles. The quantitative estimate of drug-likeness (QED) is 0.662. The molecular weight excluding hydrogens is 232 g/mol. The fourth-order valence-electron chi connectivity index (χ4n) is 2.28. The maximum Gasteiger partial charge on any atom is 0.303 e. The summed E-state index contributed by atoms with van der Waals surface area (Å²) in [4.78, 5) is 22.6. The topological polar surface area (TPSA) is 78.4 Å². The van der Waals surface area contributed by atoms with Crippen LogP contribution in [0.2, 0.25) is 0 Å². The van der Waals surface area contributed by atoms with Gasteiger partial charge in [-0.15, -0.1) is 0 Å². The summed E-state index contributed by atoms with van der Waals surface area (Å²) in [6.07, 6.45) is 2.86. The second-order valence-electron chi connectivity index (χ2n) is 5.25. The molecule has 18 heavy (non-hydrogen) atoms. The smallest absolute Gasteiger partial charge is 0.303 e. The number of aliphatic carboxylic acids is 1. The largest absolute Gasteiger partial charge is 0.481 e. The molecule has 3 atom stereocenters. The third kappa shape index (κ3) is 5.04. The van der Waals surface area contributed by atoms with Crippen molar-refractivity contribution in [2.75, 3.05) is 13.1 Å². The van der Waals surface area contributed by atoms with E-state index < -0.39 is 5.97 Å². The number of hydrogen-bond donors (Lipinski definition) is 3. The first-order valence-electron chi connectivity index (χ1n) is 6.75. The molecule has 0 saturated carbocycles. The van der Waals surface area contributed by atoms with Crippen LogP contribution in [0.25, 0.3) is 0 Å². The molecular formula is C13H24N2O3. The van der Waals surface area contributed by atoms with Crippen LogP contribution in [0.5, 0.6) is 0 Å². The molecule has 0 radical (unpaired) electrons. The number of piperidine rings is 1. The Labute approximate surface area is 108 Å². The molecule has 1 rings (SSSR count). The van der Waals surface area contributed by atoms with Crippen molar-refractivity contribution in [3.63, 3.8) is 0 Å². The molecule has 0 aromatic rings. The summed E-state index contributed by atoms with van der Waals surface area (Å²) in [5.74, 6) is -0.207. The zero-order valence-corrected chi connectivity index (χ0v) is 11.2. The molecule has 5 nitrogen and oxygen atoms in total. The first kappa shape index (κ1) is 15.0. The Balaban J connectivity index is 2.32. The minimum atomic E-state index is -0.805. The summed E-state index contributed by atoms with van der Waals surface area (Å²) >= 11 is 0. The highest BCUT2D eigenvalue weighted by Crippen LogP contribution is 2.15. The monoisotopic (exact) mass is 256 g/mol. The van der Waals surface area contributed by atoms with Gasteiger partial charge in [0, 0.05) is 13.0 Å². The summed E-state index contributed by atoms with van der Waals surface area (Å²) in [6.45, 7) is 5.43. The Kier molecular flexibility index (Phi) is 6.12. The third-order valence-corrected chi connectivity index (χ3v) is 3.59. The molecule has 1 heterocycles. The molecule has 1 aliphatic heterocycles. The van der Waals surface area contributed by atoms with Crippen molar-refractivity contribution in [1.29, 1.82) is 0 Å². The van der Waals surface area contributed by atoms with Crippen LogP contribution in [0, 0.1) is 11.8 Å². The van der Waals surface area contributed by atoms with Crippen molar-refractivity contribution in [2.45, 2.75) is 45.6 Å². The van der Waals surface area contributed by atoms with E-state index in [4.69, 9.17) is 5.11 Å². The third-order valence-electron chi connectivity index (χ3n) is 3.59. The molecule has 0 bridgehead atoms. The molecule has 1 amide bonds. The SMILES string of the molecule is CCC(CNC(=O)C1CC(C)CCN1)CC(=O)O. The van der Waals surface area contributed by atoms with Gasteiger partial charge in [-0.3, -0.25) is 9.59 Å². The van der Waals surface area contributed by atoms with Crippen molar-refractivity contribution in [3.05, 3.63) is 0 Å². The van der Waals surface area contributed by atoms with Crippen LogP contribution in [0.4, 0.5) is 0 Å². The van der Waals surface area contributed by atoms with Gasteiger partial charge in [0.1, 0.15) is 0 Å². The molecule has 3 unspecified atom stereocenters. The predicted molar refractivity (Wildman–Crippen MR) is 69.2 cm³/mol. The lowest BCUT2D eigenvalue weighted by molar-refractivity contribution is -0.138. The normalized spacial score (nSPS) is 25.4. The van der Waals surface area contributed by atoms with Gasteiger partial charge in [0.2, 0.25) is 5.91 Å². The van der Waals surface area contributed by atoms with Gasteiger partial charge in [0.15, 0.2) is 0 Å². The maximum absolute atomic E-state index is 11.9. The lowest BCUT2D eigenvalue weighted by atomic mass is 9.93. The zero-order chi connectivity index (χ0) is 13.5. The maximum atomic E-state index is 11.9. The van der Waals surface area contributed by atoms with Crippen LogP contribution >= 0.6 is 0 Å². The Hall–Kier alpha value is -1.10. The summed E-state index contributed by atoms with van der Waals surface area (Å²) < 4.78 is 0. The van der Waals surface area contributed by atoms with Crippen LogP contribution < -0.4 is 10.6 Å². The second kappa shape index (κ2) is 7.36. The van der Waals surface area contributed by atoms with Crippen molar-refractivity contribution in [1.82, 2.24) is 10.6 Å². The highest BCUT2D eigenvalue weighted by Gasteiger charge is 2.24. The van der Waals surface area contributed by atoms with Gasteiger partial charge < -0.3 is 15.7 Å². The van der Waals surface area contributed by atoms with E-state index in [9.17, 15) is 9.59 Å². The molecule has 1 fully saturated rings. The van der Waals surface area contributed by atoms with Gasteiger partial charge in [-0.2, -0.15) is 0 Å². The lowest BCUT2D eigenvalue weighted by Gasteiger charge is -2.27. The van der Waals surface area contributed by atoms with Crippen molar-refractivity contribution < 1.29 is 14.7 Å². The number of amides is 1. The van der Waals surface area contributed by atoms with Crippen LogP contribution in [0.3, 0.4) is 0 Å². The Morgan fingerprint density at radius 3 is 2.78 bits per heavy atom. The Morgan fingerprint density at radius 2 is 2.22 bits per heavy atom. The second-order valence-corrected chi connectivity index (χ2v) is 5.25. The fraction of sp³-hybridized carbons (Fsp3) is 0.846. The molecule has 1 saturated heterocycles. The number of carbonyl (C=O) groups excluding carboxylic acids is 1. The molecule has 3 N–H and O–H groups in total. The molecule has 0 aromatic heterocycles. The average molecular weight is 256 g/mol. The van der Waals surface area contributed by atoms with Crippen LogP contribution in [-0.4, -0.2) is 36.1 Å². The van der Waals surface area contributed by atoms with E-state index in [0.717, 1.165) is 25.8 Å². The van der Waals surface area contributed by atoms with Crippen LogP contribution in [0.15, 0.2) is 0 Å². The van der Waals surface area contributed by atoms with Crippen molar-refractivity contribution in [3.8, 4) is 0 Å². The number of carbonyl (C=O) groups is 2. The standard InChI is InChI=1S/C13H24N2O3/c1-3-10(7-12(16)17)8-15-13(18)11-6-9(2)4-5-14-11/h9-11,14H,3-8H2,1-2H3,(H,15,18)(H,16,17). The fourth-order valence-corrected chi connectivity index (χ4v) is 2.28. The van der Waals surface area contributed by atoms with E-state index in [-0.39, 0.29) is 24.3 Å². The Bertz CT molecular complexity index is 294. The van der Waals surface area contributed by atoms with E-state index in [1.165, 1.54) is 0 Å². The summed E-state index contributed by atoms with van der Waals surface area (Å²) in [5.41, 5.74) is 0. The number of rotatable bonds is 6. The molecule has 1 aliphatic rings. The van der Waals surface area contributed by atoms with E-state index in [2.05, 4.69) is 17.6 Å². The molecule has 0 spiro atoms. The molecule has 104 valence electrons. The highest BCUT2D eigenvalue weighted by atomic mass is 16.4. The average Bonchev–Trinajstić information content (AvgIpc) is 2.33. The Morgan fingerprint density at radius 1 is 1.50 bits per heavy atom. The first-order valence-corrected chi connectivity index (χ1v) is 6.75. The minimum absolute atomic E-state index is 0.00499. The van der Waals surface area contributed by atoms with E-state index in [1.54, 1.807) is 0 Å². The van der Waals surface area contributed by atoms with Crippen LogP contribution in [0.1, 0.15) is 39.5 Å². The highest BCUT2D eigenvalue weighted by molar-refractivity contribution is 5.81. The lowest BCUT2D eigenvalue weighted by Crippen LogP contribution is -2.49. The van der Waals surface area contributed by atoms with Crippen LogP contribution in [-0.2, 0) is 9.59 Å². The minimum Gasteiger partial charge on any atom is -0.481 e. The number of nitrogens with one attached hydrogen (secondary N) is 2. The van der Waals surface area contributed by atoms with Gasteiger partial charge in [0.05, 0.1) is 6.04 Å². The van der Waals surface area contributed by atoms with Gasteiger partial charge in [-0.25, -0.2) is 0 Å². The van der Waals surface area contributed by atoms with Crippen molar-refractivity contribution in [2.24, 2.45) is 11.8 Å². The van der Waals surface area contributed by atoms with E-state index in [1.807, 2.05) is 6.92 Å². The van der Waals surface area contributed by atoms with Gasteiger partial charge in [-0.1, -0.05) is 20.3 Å². The number of carboxylic acids is 1. The van der Waals surface area contributed by atoms with Gasteiger partial charge in [0.25, 0.3) is 0 Å². The number of carboxylic acid groups (broad SMARTS) is 1. The summed E-state index contributed by atoms with van der Waals surface area (Å²) in [5, 5.41) is 14.8. The molecule has 0 aromatic carbocycles. The summed E-state index contributed by atoms with van der Waals surface area (Å²) in [6, 6.07) is -0.115. The zero-order valence-electron chi connectivity index (χ0n) is 11.2. The number of hydrogen-bond acceptors (Lipinski definition) is 3. The van der Waals surface area contributed by atoms with Crippen molar-refractivity contribution >= 4 is 11.9 Å². The van der Waals surface area contributed by atoms with E-state index in [0.29, 0.717) is 12.5 Å². The van der Waals surface area contributed by atoms with Gasteiger partial charge >= 0.3 is 5.97 Å². The summed E-state index contributed by atoms with van der Waals surface area (Å²) in [7, 11) is 0. The first-order chi connectivity index (χ1) is 8.52.